The zero-order valence-electron chi connectivity index (χ0n) is 19.6. The Morgan fingerprint density at radius 2 is 1.86 bits per heavy atom. The number of rotatable bonds is 7. The van der Waals surface area contributed by atoms with Crippen molar-refractivity contribution in [3.8, 4) is 11.8 Å². The number of halogens is 3. The summed E-state index contributed by atoms with van der Waals surface area (Å²) in [5.74, 6) is -0.789. The third-order valence-corrected chi connectivity index (χ3v) is 6.94. The van der Waals surface area contributed by atoms with Crippen LogP contribution in [0.1, 0.15) is 34.1 Å². The first-order chi connectivity index (χ1) is 17.0. The number of pyridine rings is 1. The maximum Gasteiger partial charge on any atom is 0.416 e. The molecule has 1 heterocycles. The maximum atomic E-state index is 13.5. The highest BCUT2D eigenvalue weighted by Gasteiger charge is 2.31. The van der Waals surface area contributed by atoms with Crippen LogP contribution in [0.2, 0.25) is 0 Å². The van der Waals surface area contributed by atoms with Gasteiger partial charge >= 0.3 is 6.18 Å². The molecule has 2 atom stereocenters. The number of hydrogen-bond donors (Lipinski definition) is 1. The van der Waals surface area contributed by atoms with Gasteiger partial charge in [0, 0.05) is 29.9 Å². The number of nitriles is 1. The fourth-order valence-electron chi connectivity index (χ4n) is 3.36. The molecule has 2 unspecified atom stereocenters. The lowest BCUT2D eigenvalue weighted by molar-refractivity contribution is -0.137. The quantitative estimate of drug-likeness (QED) is 0.511. The Balaban J connectivity index is 2.23. The fourth-order valence-corrected chi connectivity index (χ4v) is 4.58. The minimum Gasteiger partial charge on any atom is -0.380 e. The Hall–Kier alpha value is -3.75. The maximum absolute atomic E-state index is 13.5. The van der Waals surface area contributed by atoms with E-state index >= 15 is 0 Å². The van der Waals surface area contributed by atoms with Gasteiger partial charge in [-0.2, -0.15) is 18.4 Å². The summed E-state index contributed by atoms with van der Waals surface area (Å²) in [5, 5.41) is 11.6. The van der Waals surface area contributed by atoms with Crippen LogP contribution in [0, 0.1) is 18.3 Å². The largest absolute Gasteiger partial charge is 0.416 e. The van der Waals surface area contributed by atoms with Crippen molar-refractivity contribution in [1.82, 2.24) is 9.88 Å². The SMILES string of the molecule is COC(C)CNC(=O)c1cc(S(=O)c2ccc(C#N)cc2)c(C)n(-c2cccc(C(F)(F)F)c2)c1=O. The van der Waals surface area contributed by atoms with Crippen LogP contribution >= 0.6 is 0 Å². The van der Waals surface area contributed by atoms with Gasteiger partial charge in [-0.25, -0.2) is 4.21 Å². The molecule has 0 aliphatic carbocycles. The summed E-state index contributed by atoms with van der Waals surface area (Å²) in [6, 6.07) is 13.1. The van der Waals surface area contributed by atoms with Gasteiger partial charge in [0.25, 0.3) is 11.5 Å². The molecule has 11 heteroatoms. The Morgan fingerprint density at radius 3 is 2.44 bits per heavy atom. The standard InChI is InChI=1S/C25H22F3N3O4S/c1-15(35-3)14-30-23(32)21-12-22(36(34)20-9-7-17(13-29)8-10-20)16(2)31(24(21)33)19-6-4-5-18(11-19)25(26,27)28/h4-12,15H,14H2,1-3H3,(H,30,32). The van der Waals surface area contributed by atoms with Crippen LogP contribution in [0.25, 0.3) is 5.69 Å². The Morgan fingerprint density at radius 1 is 1.19 bits per heavy atom. The molecule has 0 fully saturated rings. The minimum atomic E-state index is -4.66. The average molecular weight is 518 g/mol. The number of ether oxygens (including phenoxy) is 1. The van der Waals surface area contributed by atoms with Crippen LogP contribution in [0.4, 0.5) is 13.2 Å². The van der Waals surface area contributed by atoms with E-state index in [4.69, 9.17) is 10.00 Å². The second kappa shape index (κ2) is 10.9. The molecule has 0 radical (unpaired) electrons. The van der Waals surface area contributed by atoms with Crippen molar-refractivity contribution in [3.63, 3.8) is 0 Å². The molecule has 36 heavy (non-hydrogen) atoms. The summed E-state index contributed by atoms with van der Waals surface area (Å²) in [5.41, 5.74) is -1.93. The first-order valence-corrected chi connectivity index (χ1v) is 11.8. The lowest BCUT2D eigenvalue weighted by atomic mass is 10.1. The summed E-state index contributed by atoms with van der Waals surface area (Å²) in [6.45, 7) is 3.20. The number of carbonyl (C=O) groups is 1. The number of aromatic nitrogens is 1. The van der Waals surface area contributed by atoms with Crippen LogP contribution in [0.15, 0.2) is 69.2 Å². The molecule has 0 spiro atoms. The zero-order valence-corrected chi connectivity index (χ0v) is 20.4. The van der Waals surface area contributed by atoms with Crippen LogP contribution in [0.3, 0.4) is 0 Å². The van der Waals surface area contributed by atoms with Crippen molar-refractivity contribution < 1.29 is 26.9 Å². The molecule has 0 aliphatic heterocycles. The number of hydrogen-bond acceptors (Lipinski definition) is 5. The van der Waals surface area contributed by atoms with Gasteiger partial charge in [0.2, 0.25) is 0 Å². The molecule has 0 saturated carbocycles. The molecule has 7 nitrogen and oxygen atoms in total. The average Bonchev–Trinajstić information content (AvgIpc) is 2.86. The Bertz CT molecular complexity index is 1410. The van der Waals surface area contributed by atoms with Gasteiger partial charge < -0.3 is 10.1 Å². The van der Waals surface area contributed by atoms with Gasteiger partial charge in [0.1, 0.15) is 5.56 Å². The van der Waals surface area contributed by atoms with E-state index in [1.807, 2.05) is 6.07 Å². The highest BCUT2D eigenvalue weighted by atomic mass is 32.2. The molecule has 0 saturated heterocycles. The number of amides is 1. The molecule has 188 valence electrons. The number of nitrogens with one attached hydrogen (secondary N) is 1. The van der Waals surface area contributed by atoms with Crippen LogP contribution in [-0.2, 0) is 21.7 Å². The van der Waals surface area contributed by atoms with Crippen LogP contribution in [-0.4, -0.2) is 34.4 Å². The van der Waals surface area contributed by atoms with Crippen molar-refractivity contribution in [2.24, 2.45) is 0 Å². The predicted octanol–water partition coefficient (Wildman–Crippen LogP) is 3.97. The van der Waals surface area contributed by atoms with Crippen molar-refractivity contribution in [3.05, 3.63) is 87.3 Å². The lowest BCUT2D eigenvalue weighted by Crippen LogP contribution is -2.37. The number of nitrogens with zero attached hydrogens (tertiary/aromatic N) is 2. The molecule has 2 aromatic carbocycles. The minimum absolute atomic E-state index is 0.0571. The number of carbonyl (C=O) groups excluding carboxylic acids is 1. The van der Waals surface area contributed by atoms with Crippen LogP contribution < -0.4 is 10.9 Å². The van der Waals surface area contributed by atoms with Gasteiger partial charge in [-0.1, -0.05) is 6.07 Å². The smallest absolute Gasteiger partial charge is 0.380 e. The molecule has 3 rings (SSSR count). The normalized spacial score (nSPS) is 13.0. The molecule has 0 aliphatic rings. The molecule has 0 bridgehead atoms. The van der Waals surface area contributed by atoms with Crippen molar-refractivity contribution in [2.45, 2.75) is 35.9 Å². The second-order valence-corrected chi connectivity index (χ2v) is 9.31. The third kappa shape index (κ3) is 5.72. The molecular weight excluding hydrogens is 495 g/mol. The van der Waals surface area contributed by atoms with Gasteiger partial charge in [0.15, 0.2) is 0 Å². The molecule has 3 aromatic rings. The number of alkyl halides is 3. The fraction of sp³-hybridized carbons (Fsp3) is 0.240. The Kier molecular flexibility index (Phi) is 8.12. The van der Waals surface area contributed by atoms with E-state index in [2.05, 4.69) is 5.32 Å². The molecular formula is C25H22F3N3O4S. The topological polar surface area (TPSA) is 101 Å². The summed E-state index contributed by atoms with van der Waals surface area (Å²) < 4.78 is 59.6. The van der Waals surface area contributed by atoms with Crippen LogP contribution in [0.5, 0.6) is 0 Å². The van der Waals surface area contributed by atoms with Gasteiger partial charge in [-0.05, 0) is 62.4 Å². The van der Waals surface area contributed by atoms with E-state index in [-0.39, 0.29) is 33.8 Å². The van der Waals surface area contributed by atoms with E-state index in [1.54, 1.807) is 6.92 Å². The van der Waals surface area contributed by atoms with Gasteiger partial charge in [-0.3, -0.25) is 14.2 Å². The number of methoxy groups -OCH3 is 1. The summed E-state index contributed by atoms with van der Waals surface area (Å²) in [4.78, 5) is 26.6. The van der Waals surface area contributed by atoms with Gasteiger partial charge in [-0.15, -0.1) is 0 Å². The Labute approximate surface area is 207 Å². The van der Waals surface area contributed by atoms with Crippen molar-refractivity contribution in [2.75, 3.05) is 13.7 Å². The highest BCUT2D eigenvalue weighted by molar-refractivity contribution is 7.85. The summed E-state index contributed by atoms with van der Waals surface area (Å²) >= 11 is 0. The second-order valence-electron chi connectivity index (χ2n) is 7.86. The van der Waals surface area contributed by atoms with E-state index in [9.17, 15) is 27.0 Å². The van der Waals surface area contributed by atoms with Gasteiger partial charge in [0.05, 0.1) is 39.0 Å². The third-order valence-electron chi connectivity index (χ3n) is 5.43. The summed E-state index contributed by atoms with van der Waals surface area (Å²) in [6.07, 6.45) is -5.02. The van der Waals surface area contributed by atoms with E-state index < -0.39 is 39.6 Å². The predicted molar refractivity (Wildman–Crippen MR) is 126 cm³/mol. The van der Waals surface area contributed by atoms with E-state index in [0.717, 1.165) is 22.8 Å². The first kappa shape index (κ1) is 26.8. The van der Waals surface area contributed by atoms with Crippen molar-refractivity contribution in [1.29, 1.82) is 5.26 Å². The van der Waals surface area contributed by atoms with E-state index in [0.29, 0.717) is 5.56 Å². The first-order valence-electron chi connectivity index (χ1n) is 10.6. The summed E-state index contributed by atoms with van der Waals surface area (Å²) in [7, 11) is -0.474. The molecule has 1 aromatic heterocycles. The lowest BCUT2D eigenvalue weighted by Gasteiger charge is -2.18. The monoisotopic (exact) mass is 517 g/mol. The number of benzene rings is 2. The van der Waals surface area contributed by atoms with Crippen molar-refractivity contribution >= 4 is 16.7 Å². The molecule has 1 N–H and O–H groups in total. The molecule has 1 amide bonds. The van der Waals surface area contributed by atoms with E-state index in [1.165, 1.54) is 50.4 Å². The zero-order chi connectivity index (χ0) is 26.6. The highest BCUT2D eigenvalue weighted by Crippen LogP contribution is 2.31.